The average molecular weight is 287 g/mol. The predicted molar refractivity (Wildman–Crippen MR) is 78.1 cm³/mol. The van der Waals surface area contributed by atoms with E-state index in [4.69, 9.17) is 10.2 Å². The minimum atomic E-state index is -0.691. The summed E-state index contributed by atoms with van der Waals surface area (Å²) in [5.41, 5.74) is 0. The molecule has 20 heavy (non-hydrogen) atoms. The summed E-state index contributed by atoms with van der Waals surface area (Å²) in [5, 5.41) is 17.5. The molecule has 0 bridgehead atoms. The quantitative estimate of drug-likeness (QED) is 0.537. The van der Waals surface area contributed by atoms with Gasteiger partial charge in [0.15, 0.2) is 0 Å². The number of hydrogen-bond donors (Lipinski definition) is 2. The summed E-state index contributed by atoms with van der Waals surface area (Å²) in [4.78, 5) is 23.6. The SMILES string of the molecule is CCCCCCCCCCCN(C(=O)CO)C(=O)CO. The van der Waals surface area contributed by atoms with Crippen LogP contribution >= 0.6 is 0 Å². The van der Waals surface area contributed by atoms with Gasteiger partial charge in [-0.15, -0.1) is 0 Å². The number of nitrogens with zero attached hydrogens (tertiary/aromatic N) is 1. The molecule has 0 aliphatic carbocycles. The molecule has 0 aromatic heterocycles. The van der Waals surface area contributed by atoms with Gasteiger partial charge in [-0.2, -0.15) is 0 Å². The van der Waals surface area contributed by atoms with Gasteiger partial charge in [0, 0.05) is 6.54 Å². The van der Waals surface area contributed by atoms with Crippen molar-refractivity contribution in [2.24, 2.45) is 0 Å². The van der Waals surface area contributed by atoms with Crippen molar-refractivity contribution in [3.8, 4) is 0 Å². The van der Waals surface area contributed by atoms with Gasteiger partial charge in [-0.25, -0.2) is 0 Å². The minimum Gasteiger partial charge on any atom is -0.387 e. The first-order valence-corrected chi connectivity index (χ1v) is 7.72. The molecule has 0 aliphatic heterocycles. The van der Waals surface area contributed by atoms with Crippen LogP contribution in [0.1, 0.15) is 64.7 Å². The van der Waals surface area contributed by atoms with Crippen molar-refractivity contribution in [2.45, 2.75) is 64.7 Å². The van der Waals surface area contributed by atoms with E-state index in [9.17, 15) is 9.59 Å². The Balaban J connectivity index is 3.64. The first kappa shape index (κ1) is 19.1. The van der Waals surface area contributed by atoms with Crippen LogP contribution in [-0.2, 0) is 9.59 Å². The lowest BCUT2D eigenvalue weighted by Gasteiger charge is -2.18. The summed E-state index contributed by atoms with van der Waals surface area (Å²) in [5.74, 6) is -1.27. The van der Waals surface area contributed by atoms with Crippen LogP contribution in [0.25, 0.3) is 0 Å². The molecule has 0 aromatic rings. The number of carbonyl (C=O) groups excluding carboxylic acids is 2. The average Bonchev–Trinajstić information content (AvgIpc) is 2.48. The van der Waals surface area contributed by atoms with Crippen LogP contribution in [0.5, 0.6) is 0 Å². The van der Waals surface area contributed by atoms with Gasteiger partial charge in [0.2, 0.25) is 0 Å². The van der Waals surface area contributed by atoms with Gasteiger partial charge in [-0.05, 0) is 6.42 Å². The van der Waals surface area contributed by atoms with Crippen molar-refractivity contribution < 1.29 is 19.8 Å². The van der Waals surface area contributed by atoms with Gasteiger partial charge in [0.05, 0.1) is 0 Å². The number of imide groups is 1. The van der Waals surface area contributed by atoms with Gasteiger partial charge in [-0.1, -0.05) is 58.3 Å². The number of unbranched alkanes of at least 4 members (excludes halogenated alkanes) is 8. The fourth-order valence-corrected chi connectivity index (χ4v) is 2.14. The molecule has 0 heterocycles. The Morgan fingerprint density at radius 3 is 1.55 bits per heavy atom. The molecule has 118 valence electrons. The fraction of sp³-hybridized carbons (Fsp3) is 0.867. The van der Waals surface area contributed by atoms with Crippen LogP contribution in [0.2, 0.25) is 0 Å². The highest BCUT2D eigenvalue weighted by molar-refractivity contribution is 5.96. The van der Waals surface area contributed by atoms with Crippen molar-refractivity contribution in [1.29, 1.82) is 0 Å². The number of aliphatic hydroxyl groups excluding tert-OH is 2. The highest BCUT2D eigenvalue weighted by Crippen LogP contribution is 2.10. The molecule has 0 saturated carbocycles. The van der Waals surface area contributed by atoms with E-state index < -0.39 is 25.0 Å². The van der Waals surface area contributed by atoms with Crippen LogP contribution in [0.4, 0.5) is 0 Å². The van der Waals surface area contributed by atoms with Gasteiger partial charge in [0.1, 0.15) is 13.2 Å². The van der Waals surface area contributed by atoms with E-state index in [2.05, 4.69) is 6.92 Å². The number of rotatable bonds is 12. The van der Waals surface area contributed by atoms with Crippen molar-refractivity contribution in [1.82, 2.24) is 4.90 Å². The summed E-state index contributed by atoms with van der Waals surface area (Å²) in [6.07, 6.45) is 10.4. The van der Waals surface area contributed by atoms with Gasteiger partial charge < -0.3 is 10.2 Å². The molecule has 0 radical (unpaired) electrons. The Morgan fingerprint density at radius 1 is 0.750 bits per heavy atom. The molecule has 5 nitrogen and oxygen atoms in total. The summed E-state index contributed by atoms with van der Waals surface area (Å²) >= 11 is 0. The van der Waals surface area contributed by atoms with Crippen LogP contribution in [0.3, 0.4) is 0 Å². The zero-order chi connectivity index (χ0) is 15.2. The van der Waals surface area contributed by atoms with Crippen molar-refractivity contribution in [3.05, 3.63) is 0 Å². The second-order valence-electron chi connectivity index (χ2n) is 5.08. The standard InChI is InChI=1S/C15H29NO4/c1-2-3-4-5-6-7-8-9-10-11-16(14(19)12-17)15(20)13-18/h17-18H,2-13H2,1H3. The molecule has 0 atom stereocenters. The van der Waals surface area contributed by atoms with Crippen LogP contribution in [-0.4, -0.2) is 46.7 Å². The van der Waals surface area contributed by atoms with Gasteiger partial charge >= 0.3 is 0 Å². The first-order valence-electron chi connectivity index (χ1n) is 7.72. The smallest absolute Gasteiger partial charge is 0.254 e. The first-order chi connectivity index (χ1) is 9.67. The number of amides is 2. The fourth-order valence-electron chi connectivity index (χ4n) is 2.14. The van der Waals surface area contributed by atoms with E-state index >= 15 is 0 Å². The summed E-state index contributed by atoms with van der Waals surface area (Å²) in [7, 11) is 0. The van der Waals surface area contributed by atoms with Crippen LogP contribution in [0.15, 0.2) is 0 Å². The van der Waals surface area contributed by atoms with E-state index in [1.165, 1.54) is 38.5 Å². The highest BCUT2D eigenvalue weighted by Gasteiger charge is 2.18. The molecule has 0 unspecified atom stereocenters. The van der Waals surface area contributed by atoms with Crippen LogP contribution < -0.4 is 0 Å². The molecule has 2 amide bonds. The Bertz CT molecular complexity index is 253. The summed E-state index contributed by atoms with van der Waals surface area (Å²) < 4.78 is 0. The zero-order valence-electron chi connectivity index (χ0n) is 12.6. The van der Waals surface area contributed by atoms with E-state index in [1.54, 1.807) is 0 Å². The Kier molecular flexibility index (Phi) is 12.4. The number of aliphatic hydroxyl groups is 2. The lowest BCUT2D eigenvalue weighted by molar-refractivity contribution is -0.148. The largest absolute Gasteiger partial charge is 0.387 e. The Morgan fingerprint density at radius 2 is 1.15 bits per heavy atom. The molecule has 0 aliphatic rings. The second-order valence-corrected chi connectivity index (χ2v) is 5.08. The maximum Gasteiger partial charge on any atom is 0.254 e. The predicted octanol–water partition coefficient (Wildman–Crippen LogP) is 1.86. The van der Waals surface area contributed by atoms with Crippen molar-refractivity contribution in [3.63, 3.8) is 0 Å². The van der Waals surface area contributed by atoms with Crippen molar-refractivity contribution >= 4 is 11.8 Å². The van der Waals surface area contributed by atoms with E-state index in [0.29, 0.717) is 0 Å². The lowest BCUT2D eigenvalue weighted by atomic mass is 10.1. The molecule has 0 fully saturated rings. The molecule has 0 saturated heterocycles. The molecule has 0 spiro atoms. The zero-order valence-corrected chi connectivity index (χ0v) is 12.6. The number of carbonyl (C=O) groups is 2. The normalized spacial score (nSPS) is 10.6. The van der Waals surface area contributed by atoms with Gasteiger partial charge in [-0.3, -0.25) is 14.5 Å². The molecular weight excluding hydrogens is 258 g/mol. The van der Waals surface area contributed by atoms with E-state index in [-0.39, 0.29) is 6.54 Å². The van der Waals surface area contributed by atoms with Crippen molar-refractivity contribution in [2.75, 3.05) is 19.8 Å². The lowest BCUT2D eigenvalue weighted by Crippen LogP contribution is -2.41. The minimum absolute atomic E-state index is 0.286. The highest BCUT2D eigenvalue weighted by atomic mass is 16.3. The summed E-state index contributed by atoms with van der Waals surface area (Å²) in [6, 6.07) is 0. The molecule has 2 N–H and O–H groups in total. The maximum absolute atomic E-state index is 11.3. The molecular formula is C15H29NO4. The Labute approximate surface area is 122 Å². The molecule has 0 aromatic carbocycles. The van der Waals surface area contributed by atoms with E-state index in [0.717, 1.165) is 24.2 Å². The Hall–Kier alpha value is -0.940. The maximum atomic E-state index is 11.3. The third-order valence-corrected chi connectivity index (χ3v) is 3.36. The summed E-state index contributed by atoms with van der Waals surface area (Å²) in [6.45, 7) is 1.11. The monoisotopic (exact) mass is 287 g/mol. The second kappa shape index (κ2) is 13.1. The van der Waals surface area contributed by atoms with Crippen LogP contribution in [0, 0.1) is 0 Å². The van der Waals surface area contributed by atoms with E-state index in [1.807, 2.05) is 0 Å². The molecule has 5 heteroatoms. The number of hydrogen-bond acceptors (Lipinski definition) is 4. The third kappa shape index (κ3) is 9.04. The topological polar surface area (TPSA) is 77.8 Å². The third-order valence-electron chi connectivity index (χ3n) is 3.36. The molecule has 0 rings (SSSR count). The van der Waals surface area contributed by atoms with Gasteiger partial charge in [0.25, 0.3) is 11.8 Å².